The summed E-state index contributed by atoms with van der Waals surface area (Å²) in [5.74, 6) is 0.506. The molecule has 0 bridgehead atoms. The monoisotopic (exact) mass is 328 g/mol. The molecule has 0 aliphatic heterocycles. The van der Waals surface area contributed by atoms with Gasteiger partial charge in [0.2, 0.25) is 0 Å². The molecule has 0 radical (unpaired) electrons. The van der Waals surface area contributed by atoms with Crippen molar-refractivity contribution in [3.63, 3.8) is 0 Å². The maximum Gasteiger partial charge on any atom is 0.287 e. The number of carbonyl (C=O) groups is 1. The standard InChI is InChI=1S/C15H17ClN2O2.ClH/c1-15(2,9-17)18-14(19)13-8-7-12(20-13)10-5-3-4-6-11(10)16;/h3-8H,9,17H2,1-2H3,(H,18,19);1H. The van der Waals surface area contributed by atoms with Gasteiger partial charge in [0, 0.05) is 17.6 Å². The van der Waals surface area contributed by atoms with Crippen LogP contribution in [0.15, 0.2) is 40.8 Å². The molecule has 1 heterocycles. The number of halogens is 2. The number of furan rings is 1. The Bertz CT molecular complexity index is 624. The first kappa shape index (κ1) is 17.6. The van der Waals surface area contributed by atoms with Crippen LogP contribution in [0.1, 0.15) is 24.4 Å². The minimum atomic E-state index is -0.478. The van der Waals surface area contributed by atoms with Crippen LogP contribution >= 0.6 is 24.0 Å². The van der Waals surface area contributed by atoms with Crippen LogP contribution in [-0.2, 0) is 0 Å². The van der Waals surface area contributed by atoms with Crippen LogP contribution in [0.25, 0.3) is 11.3 Å². The largest absolute Gasteiger partial charge is 0.451 e. The molecule has 2 aromatic rings. The van der Waals surface area contributed by atoms with Crippen LogP contribution in [0.4, 0.5) is 0 Å². The van der Waals surface area contributed by atoms with Crippen molar-refractivity contribution in [2.75, 3.05) is 6.54 Å². The summed E-state index contributed by atoms with van der Waals surface area (Å²) in [6.07, 6.45) is 0. The molecule has 0 aliphatic carbocycles. The molecular formula is C15H18Cl2N2O2. The molecule has 0 fully saturated rings. The SMILES string of the molecule is CC(C)(CN)NC(=O)c1ccc(-c2ccccc2Cl)o1.Cl. The van der Waals surface area contributed by atoms with Gasteiger partial charge >= 0.3 is 0 Å². The minimum Gasteiger partial charge on any atom is -0.451 e. The highest BCUT2D eigenvalue weighted by molar-refractivity contribution is 6.33. The van der Waals surface area contributed by atoms with E-state index in [4.69, 9.17) is 21.8 Å². The van der Waals surface area contributed by atoms with Crippen molar-refractivity contribution in [3.8, 4) is 11.3 Å². The number of carbonyl (C=O) groups excluding carboxylic acids is 1. The first-order chi connectivity index (χ1) is 9.43. The second kappa shape index (κ2) is 6.98. The van der Waals surface area contributed by atoms with Crippen molar-refractivity contribution in [1.29, 1.82) is 0 Å². The van der Waals surface area contributed by atoms with Gasteiger partial charge in [0.1, 0.15) is 5.76 Å². The highest BCUT2D eigenvalue weighted by Crippen LogP contribution is 2.29. The fraction of sp³-hybridized carbons (Fsp3) is 0.267. The average molecular weight is 329 g/mol. The molecule has 0 atom stereocenters. The van der Waals surface area contributed by atoms with E-state index in [-0.39, 0.29) is 24.1 Å². The van der Waals surface area contributed by atoms with Crippen molar-refractivity contribution >= 4 is 29.9 Å². The van der Waals surface area contributed by atoms with Crippen LogP contribution < -0.4 is 11.1 Å². The molecule has 6 heteroatoms. The molecule has 1 aromatic carbocycles. The summed E-state index contributed by atoms with van der Waals surface area (Å²) in [5.41, 5.74) is 5.86. The molecule has 2 rings (SSSR count). The maximum atomic E-state index is 12.1. The van der Waals surface area contributed by atoms with Gasteiger partial charge in [-0.3, -0.25) is 4.79 Å². The molecule has 0 saturated carbocycles. The van der Waals surface area contributed by atoms with Crippen molar-refractivity contribution in [3.05, 3.63) is 47.2 Å². The van der Waals surface area contributed by atoms with E-state index >= 15 is 0 Å². The Morgan fingerprint density at radius 2 is 1.95 bits per heavy atom. The smallest absolute Gasteiger partial charge is 0.287 e. The Balaban J connectivity index is 0.00000220. The number of hydrogen-bond acceptors (Lipinski definition) is 3. The fourth-order valence-corrected chi connectivity index (χ4v) is 1.91. The summed E-state index contributed by atoms with van der Waals surface area (Å²) in [6.45, 7) is 4.04. The predicted molar refractivity (Wildman–Crippen MR) is 87.0 cm³/mol. The Kier molecular flexibility index (Phi) is 5.84. The summed E-state index contributed by atoms with van der Waals surface area (Å²) >= 11 is 6.10. The number of amides is 1. The second-order valence-electron chi connectivity index (χ2n) is 5.19. The summed E-state index contributed by atoms with van der Waals surface area (Å²) < 4.78 is 5.57. The van der Waals surface area contributed by atoms with Crippen LogP contribution in [0, 0.1) is 0 Å². The van der Waals surface area contributed by atoms with Gasteiger partial charge in [0.25, 0.3) is 5.91 Å². The first-order valence-electron chi connectivity index (χ1n) is 6.30. The van der Waals surface area contributed by atoms with Crippen LogP contribution in [0.3, 0.4) is 0 Å². The van der Waals surface area contributed by atoms with E-state index in [1.165, 1.54) is 0 Å². The van der Waals surface area contributed by atoms with E-state index in [1.807, 2.05) is 32.0 Å². The molecule has 3 N–H and O–H groups in total. The Morgan fingerprint density at radius 1 is 1.29 bits per heavy atom. The van der Waals surface area contributed by atoms with Crippen molar-refractivity contribution in [2.24, 2.45) is 5.73 Å². The van der Waals surface area contributed by atoms with E-state index in [1.54, 1.807) is 18.2 Å². The Labute approximate surface area is 135 Å². The molecule has 0 aliphatic rings. The van der Waals surface area contributed by atoms with E-state index in [0.29, 0.717) is 17.3 Å². The zero-order valence-corrected chi connectivity index (χ0v) is 13.4. The lowest BCUT2D eigenvalue weighted by Gasteiger charge is -2.23. The van der Waals surface area contributed by atoms with Crippen LogP contribution in [0.2, 0.25) is 5.02 Å². The van der Waals surface area contributed by atoms with Gasteiger partial charge in [-0.2, -0.15) is 0 Å². The van der Waals surface area contributed by atoms with Gasteiger partial charge < -0.3 is 15.5 Å². The Morgan fingerprint density at radius 3 is 2.57 bits per heavy atom. The second-order valence-corrected chi connectivity index (χ2v) is 5.59. The van der Waals surface area contributed by atoms with Crippen LogP contribution in [-0.4, -0.2) is 18.0 Å². The number of hydrogen-bond donors (Lipinski definition) is 2. The molecular weight excluding hydrogens is 311 g/mol. The molecule has 0 unspecified atom stereocenters. The van der Waals surface area contributed by atoms with E-state index in [9.17, 15) is 4.79 Å². The minimum absolute atomic E-state index is 0. The number of rotatable bonds is 4. The normalized spacial score (nSPS) is 10.9. The number of benzene rings is 1. The fourth-order valence-electron chi connectivity index (χ4n) is 1.69. The van der Waals surface area contributed by atoms with Gasteiger partial charge in [0.15, 0.2) is 5.76 Å². The summed E-state index contributed by atoms with van der Waals surface area (Å²) in [6, 6.07) is 10.7. The molecule has 1 amide bonds. The summed E-state index contributed by atoms with van der Waals surface area (Å²) in [7, 11) is 0. The molecule has 0 saturated heterocycles. The highest BCUT2D eigenvalue weighted by Gasteiger charge is 2.21. The van der Waals surface area contributed by atoms with E-state index < -0.39 is 5.54 Å². The van der Waals surface area contributed by atoms with Crippen molar-refractivity contribution in [2.45, 2.75) is 19.4 Å². The van der Waals surface area contributed by atoms with Gasteiger partial charge in [0.05, 0.1) is 5.02 Å². The van der Waals surface area contributed by atoms with Gasteiger partial charge in [-0.15, -0.1) is 12.4 Å². The van der Waals surface area contributed by atoms with E-state index in [2.05, 4.69) is 5.32 Å². The molecule has 1 aromatic heterocycles. The predicted octanol–water partition coefficient (Wildman–Crippen LogP) is 3.49. The number of nitrogens with one attached hydrogen (secondary N) is 1. The maximum absolute atomic E-state index is 12.1. The lowest BCUT2D eigenvalue weighted by molar-refractivity contribution is 0.0888. The lowest BCUT2D eigenvalue weighted by atomic mass is 10.1. The zero-order valence-electron chi connectivity index (χ0n) is 11.9. The first-order valence-corrected chi connectivity index (χ1v) is 6.68. The molecule has 0 spiro atoms. The molecule has 114 valence electrons. The summed E-state index contributed by atoms with van der Waals surface area (Å²) in [4.78, 5) is 12.1. The molecule has 4 nitrogen and oxygen atoms in total. The van der Waals surface area contributed by atoms with Crippen LogP contribution in [0.5, 0.6) is 0 Å². The Hall–Kier alpha value is -1.49. The highest BCUT2D eigenvalue weighted by atomic mass is 35.5. The quantitative estimate of drug-likeness (QED) is 0.902. The van der Waals surface area contributed by atoms with Gasteiger partial charge in [-0.05, 0) is 38.1 Å². The number of nitrogens with two attached hydrogens (primary N) is 1. The third kappa shape index (κ3) is 4.24. The average Bonchev–Trinajstić information content (AvgIpc) is 2.88. The molecule has 21 heavy (non-hydrogen) atoms. The third-order valence-corrected chi connectivity index (χ3v) is 3.26. The lowest BCUT2D eigenvalue weighted by Crippen LogP contribution is -2.48. The zero-order chi connectivity index (χ0) is 14.8. The van der Waals surface area contributed by atoms with Crippen molar-refractivity contribution in [1.82, 2.24) is 5.32 Å². The van der Waals surface area contributed by atoms with Crippen molar-refractivity contribution < 1.29 is 9.21 Å². The third-order valence-electron chi connectivity index (χ3n) is 2.93. The van der Waals surface area contributed by atoms with Gasteiger partial charge in [-0.25, -0.2) is 0 Å². The summed E-state index contributed by atoms with van der Waals surface area (Å²) in [5, 5.41) is 3.39. The van der Waals surface area contributed by atoms with E-state index in [0.717, 1.165) is 5.56 Å². The topological polar surface area (TPSA) is 68.3 Å². The van der Waals surface area contributed by atoms with Gasteiger partial charge in [-0.1, -0.05) is 23.7 Å².